The lowest BCUT2D eigenvalue weighted by Gasteiger charge is -2.13. The molecule has 0 saturated heterocycles. The Hall–Kier alpha value is -2.82. The first kappa shape index (κ1) is 16.5. The highest BCUT2D eigenvalue weighted by molar-refractivity contribution is 6.01. The summed E-state index contributed by atoms with van der Waals surface area (Å²) in [5.41, 5.74) is 3.71. The van der Waals surface area contributed by atoms with E-state index >= 15 is 0 Å². The van der Waals surface area contributed by atoms with Crippen LogP contribution in [0.2, 0.25) is 0 Å². The van der Waals surface area contributed by atoms with Crippen molar-refractivity contribution in [1.82, 2.24) is 5.32 Å². The first-order chi connectivity index (χ1) is 11.0. The monoisotopic (exact) mass is 312 g/mol. The second-order valence-electron chi connectivity index (χ2n) is 5.27. The quantitative estimate of drug-likeness (QED) is 0.850. The van der Waals surface area contributed by atoms with Gasteiger partial charge in [-0.2, -0.15) is 0 Å². The number of benzene rings is 2. The summed E-state index contributed by atoms with van der Waals surface area (Å²) in [5, 5.41) is 5.48. The van der Waals surface area contributed by atoms with Crippen LogP contribution in [0.3, 0.4) is 0 Å². The van der Waals surface area contributed by atoms with E-state index in [1.54, 1.807) is 12.1 Å². The van der Waals surface area contributed by atoms with Crippen LogP contribution in [0, 0.1) is 13.8 Å². The fourth-order valence-electron chi connectivity index (χ4n) is 2.14. The molecule has 0 aliphatic rings. The van der Waals surface area contributed by atoms with Crippen LogP contribution in [-0.2, 0) is 11.3 Å². The molecule has 2 rings (SSSR count). The Kier molecular flexibility index (Phi) is 5.36. The van der Waals surface area contributed by atoms with Crippen LogP contribution < -0.4 is 10.6 Å². The van der Waals surface area contributed by atoms with Gasteiger partial charge in [0.2, 0.25) is 0 Å². The molecular formula is C18H20N2O3. The Bertz CT molecular complexity index is 712. The minimum Gasteiger partial charge on any atom is -0.465 e. The van der Waals surface area contributed by atoms with E-state index in [4.69, 9.17) is 4.74 Å². The molecule has 0 spiro atoms. The summed E-state index contributed by atoms with van der Waals surface area (Å²) in [7, 11) is 1.32. The van der Waals surface area contributed by atoms with Gasteiger partial charge in [-0.25, -0.2) is 9.59 Å². The Morgan fingerprint density at radius 1 is 1.04 bits per heavy atom. The number of hydrogen-bond donors (Lipinski definition) is 2. The summed E-state index contributed by atoms with van der Waals surface area (Å²) in [6.45, 7) is 4.23. The lowest BCUT2D eigenvalue weighted by Crippen LogP contribution is -2.29. The molecule has 0 fully saturated rings. The zero-order valence-corrected chi connectivity index (χ0v) is 13.5. The first-order valence-electron chi connectivity index (χ1n) is 7.29. The Balaban J connectivity index is 2.10. The van der Waals surface area contributed by atoms with Crippen LogP contribution in [0.4, 0.5) is 10.5 Å². The molecule has 0 unspecified atom stereocenters. The first-order valence-corrected chi connectivity index (χ1v) is 7.29. The van der Waals surface area contributed by atoms with Crippen molar-refractivity contribution in [3.05, 3.63) is 64.7 Å². The summed E-state index contributed by atoms with van der Waals surface area (Å²) in [6.07, 6.45) is 0. The summed E-state index contributed by atoms with van der Waals surface area (Å²) < 4.78 is 4.77. The van der Waals surface area contributed by atoms with Gasteiger partial charge in [-0.05, 0) is 42.7 Å². The number of rotatable bonds is 4. The van der Waals surface area contributed by atoms with Crippen molar-refractivity contribution < 1.29 is 14.3 Å². The van der Waals surface area contributed by atoms with Gasteiger partial charge < -0.3 is 15.4 Å². The third-order valence-corrected chi connectivity index (χ3v) is 3.58. The summed E-state index contributed by atoms with van der Waals surface area (Å²) in [5.74, 6) is -0.480. The molecule has 0 aliphatic heterocycles. The molecule has 0 radical (unpaired) electrons. The van der Waals surface area contributed by atoms with E-state index in [9.17, 15) is 9.59 Å². The predicted octanol–water partition coefficient (Wildman–Crippen LogP) is 3.41. The zero-order chi connectivity index (χ0) is 16.8. The van der Waals surface area contributed by atoms with E-state index in [-0.39, 0.29) is 6.03 Å². The number of carbonyl (C=O) groups excluding carboxylic acids is 2. The maximum atomic E-state index is 12.1. The largest absolute Gasteiger partial charge is 0.465 e. The highest BCUT2D eigenvalue weighted by atomic mass is 16.5. The van der Waals surface area contributed by atoms with Crippen LogP contribution >= 0.6 is 0 Å². The number of aryl methyl sites for hydroxylation is 2. The van der Waals surface area contributed by atoms with Gasteiger partial charge in [0.1, 0.15) is 0 Å². The predicted molar refractivity (Wildman–Crippen MR) is 89.6 cm³/mol. The van der Waals surface area contributed by atoms with Crippen LogP contribution in [0.5, 0.6) is 0 Å². The average molecular weight is 312 g/mol. The van der Waals surface area contributed by atoms with Crippen molar-refractivity contribution in [2.24, 2.45) is 0 Å². The number of anilines is 1. The Morgan fingerprint density at radius 3 is 2.35 bits per heavy atom. The van der Waals surface area contributed by atoms with Crippen molar-refractivity contribution in [2.45, 2.75) is 20.4 Å². The van der Waals surface area contributed by atoms with E-state index in [1.807, 2.05) is 44.2 Å². The summed E-state index contributed by atoms with van der Waals surface area (Å²) >= 11 is 0. The number of esters is 1. The van der Waals surface area contributed by atoms with E-state index in [2.05, 4.69) is 10.6 Å². The molecule has 0 atom stereocenters. The topological polar surface area (TPSA) is 67.4 Å². The highest BCUT2D eigenvalue weighted by Gasteiger charge is 2.15. The third kappa shape index (κ3) is 4.32. The number of methoxy groups -OCH3 is 1. The average Bonchev–Trinajstić information content (AvgIpc) is 2.56. The molecule has 2 aromatic rings. The Labute approximate surface area is 135 Å². The SMILES string of the molecule is COC(=O)c1cc(C)c(C)cc1NC(=O)NCc1ccccc1. The fourth-order valence-corrected chi connectivity index (χ4v) is 2.14. The van der Waals surface area contributed by atoms with E-state index < -0.39 is 5.97 Å². The van der Waals surface area contributed by atoms with Crippen LogP contribution in [-0.4, -0.2) is 19.1 Å². The van der Waals surface area contributed by atoms with Crippen LogP contribution in [0.1, 0.15) is 27.0 Å². The van der Waals surface area contributed by atoms with Crippen molar-refractivity contribution in [2.75, 3.05) is 12.4 Å². The maximum absolute atomic E-state index is 12.1. The van der Waals surface area contributed by atoms with Crippen molar-refractivity contribution in [1.29, 1.82) is 0 Å². The molecule has 0 aliphatic carbocycles. The number of urea groups is 1. The molecule has 0 saturated carbocycles. The van der Waals surface area contributed by atoms with Gasteiger partial charge in [-0.1, -0.05) is 30.3 Å². The number of nitrogens with one attached hydrogen (secondary N) is 2. The number of ether oxygens (including phenoxy) is 1. The summed E-state index contributed by atoms with van der Waals surface area (Å²) in [6, 6.07) is 12.7. The maximum Gasteiger partial charge on any atom is 0.339 e. The molecule has 23 heavy (non-hydrogen) atoms. The van der Waals surface area contributed by atoms with E-state index in [1.165, 1.54) is 7.11 Å². The van der Waals surface area contributed by atoms with Gasteiger partial charge >= 0.3 is 12.0 Å². The lowest BCUT2D eigenvalue weighted by molar-refractivity contribution is 0.0602. The second-order valence-corrected chi connectivity index (χ2v) is 5.27. The van der Waals surface area contributed by atoms with Gasteiger partial charge in [-0.3, -0.25) is 0 Å². The lowest BCUT2D eigenvalue weighted by atomic mass is 10.0. The normalized spacial score (nSPS) is 10.0. The van der Waals surface area contributed by atoms with Gasteiger partial charge in [0.15, 0.2) is 0 Å². The molecule has 2 aromatic carbocycles. The molecule has 120 valence electrons. The van der Waals surface area contributed by atoms with Crippen LogP contribution in [0.15, 0.2) is 42.5 Å². The minimum absolute atomic E-state index is 0.338. The minimum atomic E-state index is -0.480. The fraction of sp³-hybridized carbons (Fsp3) is 0.222. The van der Waals surface area contributed by atoms with E-state index in [0.29, 0.717) is 17.8 Å². The van der Waals surface area contributed by atoms with Crippen molar-refractivity contribution in [3.8, 4) is 0 Å². The molecule has 2 amide bonds. The zero-order valence-electron chi connectivity index (χ0n) is 13.5. The molecule has 5 heteroatoms. The number of amides is 2. The molecular weight excluding hydrogens is 292 g/mol. The third-order valence-electron chi connectivity index (χ3n) is 3.58. The smallest absolute Gasteiger partial charge is 0.339 e. The van der Waals surface area contributed by atoms with Gasteiger partial charge in [-0.15, -0.1) is 0 Å². The molecule has 0 bridgehead atoms. The number of hydrogen-bond acceptors (Lipinski definition) is 3. The molecule has 0 aromatic heterocycles. The standard InChI is InChI=1S/C18H20N2O3/c1-12-9-15(17(21)23-3)16(10-13(12)2)20-18(22)19-11-14-7-5-4-6-8-14/h4-10H,11H2,1-3H3,(H2,19,20,22). The van der Waals surface area contributed by atoms with Gasteiger partial charge in [0.05, 0.1) is 18.4 Å². The van der Waals surface area contributed by atoms with Crippen molar-refractivity contribution >= 4 is 17.7 Å². The summed E-state index contributed by atoms with van der Waals surface area (Å²) in [4.78, 5) is 23.9. The van der Waals surface area contributed by atoms with E-state index in [0.717, 1.165) is 16.7 Å². The Morgan fingerprint density at radius 2 is 1.70 bits per heavy atom. The van der Waals surface area contributed by atoms with Gasteiger partial charge in [0, 0.05) is 6.54 Å². The number of carbonyl (C=O) groups is 2. The molecule has 2 N–H and O–H groups in total. The highest BCUT2D eigenvalue weighted by Crippen LogP contribution is 2.21. The second kappa shape index (κ2) is 7.45. The van der Waals surface area contributed by atoms with Gasteiger partial charge in [0.25, 0.3) is 0 Å². The van der Waals surface area contributed by atoms with Crippen LogP contribution in [0.25, 0.3) is 0 Å². The van der Waals surface area contributed by atoms with Crippen molar-refractivity contribution in [3.63, 3.8) is 0 Å². The molecule has 5 nitrogen and oxygen atoms in total. The molecule has 0 heterocycles.